The van der Waals surface area contributed by atoms with E-state index in [0.29, 0.717) is 5.92 Å². The van der Waals surface area contributed by atoms with Crippen molar-refractivity contribution in [3.05, 3.63) is 192 Å². The van der Waals surface area contributed by atoms with Crippen LogP contribution < -0.4 is 4.90 Å². The quantitative estimate of drug-likeness (QED) is 0.0699. The van der Waals surface area contributed by atoms with E-state index in [2.05, 4.69) is 225 Å². The molecule has 2 aliphatic rings. The van der Waals surface area contributed by atoms with E-state index in [4.69, 9.17) is 0 Å². The molecule has 3 heterocycles. The number of anilines is 2. The number of hydrogen-bond acceptors (Lipinski definition) is 1. The van der Waals surface area contributed by atoms with Gasteiger partial charge in [0.25, 0.3) is 0 Å². The summed E-state index contributed by atoms with van der Waals surface area (Å²) in [7, 11) is 0. The van der Waals surface area contributed by atoms with Gasteiger partial charge in [-0.15, -0.1) is 0 Å². The van der Waals surface area contributed by atoms with Crippen molar-refractivity contribution in [3.8, 4) is 22.5 Å². The first kappa shape index (κ1) is 49.6. The second-order valence-corrected chi connectivity index (χ2v) is 22.2. The predicted octanol–water partition coefficient (Wildman–Crippen LogP) is 20.2. The first-order valence-corrected chi connectivity index (χ1v) is 29.0. The minimum Gasteiger partial charge on any atom is -0.333 e. The number of aromatic nitrogens is 2. The minimum absolute atomic E-state index is 0.269. The summed E-state index contributed by atoms with van der Waals surface area (Å²) in [4.78, 5) is 2.57. The van der Waals surface area contributed by atoms with E-state index in [1.165, 1.54) is 177 Å². The van der Waals surface area contributed by atoms with Crippen LogP contribution >= 0.6 is 0 Å². The topological polar surface area (TPSA) is 13.1 Å². The fourth-order valence-corrected chi connectivity index (χ4v) is 13.2. The average molecular weight is 974 g/mol. The van der Waals surface area contributed by atoms with Gasteiger partial charge in [0.2, 0.25) is 0 Å². The molecule has 0 fully saturated rings. The summed E-state index contributed by atoms with van der Waals surface area (Å²) in [5, 5.41) is 5.31. The molecule has 5 unspecified atom stereocenters. The SMILES string of the molecule is CCCCC(CC)Cc1ccc(N2c3ccc(-c4ccc(-n5c6ccccc6c6cc(-n7c8ccc(CC(CC)CCC)cc8c8cc(CC(CC)CCCC)ccc87)ccc65)cc4)cc3C3C=CC=CC32)cc1. The van der Waals surface area contributed by atoms with Gasteiger partial charge in [0.15, 0.2) is 0 Å². The number of fused-ring (bicyclic) bond motifs is 9. The molecule has 2 aromatic heterocycles. The van der Waals surface area contributed by atoms with Gasteiger partial charge >= 0.3 is 0 Å². The van der Waals surface area contributed by atoms with Crippen molar-refractivity contribution >= 4 is 55.0 Å². The molecule has 3 nitrogen and oxygen atoms in total. The van der Waals surface area contributed by atoms with Crippen molar-refractivity contribution in [3.63, 3.8) is 0 Å². The van der Waals surface area contributed by atoms with Crippen LogP contribution in [0.2, 0.25) is 0 Å². The van der Waals surface area contributed by atoms with Crippen molar-refractivity contribution in [1.82, 2.24) is 9.13 Å². The molecule has 1 aliphatic heterocycles. The summed E-state index contributed by atoms with van der Waals surface area (Å²) in [5.41, 5.74) is 18.3. The molecule has 0 radical (unpaired) electrons. The summed E-state index contributed by atoms with van der Waals surface area (Å²) in [5.74, 6) is 2.52. The maximum absolute atomic E-state index is 2.57. The van der Waals surface area contributed by atoms with Crippen LogP contribution in [0.1, 0.15) is 140 Å². The number of unbranched alkanes of at least 4 members (excludes halogenated alkanes) is 2. The zero-order valence-electron chi connectivity index (χ0n) is 45.3. The van der Waals surface area contributed by atoms with Crippen LogP contribution in [0.25, 0.3) is 66.1 Å². The molecular weight excluding hydrogens is 895 g/mol. The lowest BCUT2D eigenvalue weighted by atomic mass is 9.89. The first-order valence-electron chi connectivity index (χ1n) is 29.0. The van der Waals surface area contributed by atoms with Gasteiger partial charge in [-0.3, -0.25) is 0 Å². The molecular formula is C71H79N3. The largest absolute Gasteiger partial charge is 0.333 e. The van der Waals surface area contributed by atoms with Gasteiger partial charge in [-0.25, -0.2) is 0 Å². The maximum Gasteiger partial charge on any atom is 0.0629 e. The van der Waals surface area contributed by atoms with Gasteiger partial charge in [0.1, 0.15) is 0 Å². The van der Waals surface area contributed by atoms with Crippen molar-refractivity contribution in [2.24, 2.45) is 17.8 Å². The molecule has 0 saturated carbocycles. The highest BCUT2D eigenvalue weighted by atomic mass is 15.2. The Morgan fingerprint density at radius 3 is 1.55 bits per heavy atom. The van der Waals surface area contributed by atoms with E-state index in [9.17, 15) is 0 Å². The Bertz CT molecular complexity index is 3450. The third-order valence-electron chi connectivity index (χ3n) is 17.5. The lowest BCUT2D eigenvalue weighted by Crippen LogP contribution is -2.28. The molecule has 5 atom stereocenters. The first-order chi connectivity index (χ1) is 36.4. The van der Waals surface area contributed by atoms with Crippen LogP contribution in [0.3, 0.4) is 0 Å². The highest BCUT2D eigenvalue weighted by molar-refractivity contribution is 6.12. The molecule has 0 amide bonds. The number of allylic oxidation sites excluding steroid dienone is 2. The number of para-hydroxylation sites is 1. The second-order valence-electron chi connectivity index (χ2n) is 22.2. The fraction of sp³-hybridized carbons (Fsp3) is 0.352. The van der Waals surface area contributed by atoms with E-state index >= 15 is 0 Å². The molecule has 7 aromatic carbocycles. The Balaban J connectivity index is 0.925. The fourth-order valence-electron chi connectivity index (χ4n) is 13.2. The standard InChI is InChI=1S/C71H79N3/c1-7-13-20-50(11-5)42-52-26-33-57(34-27-52)72-66-24-17-15-22-60(66)64-47-56(32-40-70(64)72)55-30-35-58(36-31-55)73-67-25-18-16-23-61(67)65-48-59(37-41-71(65)73)74-68-38-28-53(43-49(10-4)19-9-3)45-62(68)63-46-54(29-39-69(63)74)44-51(12-6)21-14-8-2/h15-18,22-41,45-51,60,66H,7-14,19-21,42-44H2,1-6H3. The van der Waals surface area contributed by atoms with Gasteiger partial charge < -0.3 is 14.0 Å². The predicted molar refractivity (Wildman–Crippen MR) is 320 cm³/mol. The van der Waals surface area contributed by atoms with Gasteiger partial charge in [0, 0.05) is 50.2 Å². The van der Waals surface area contributed by atoms with Crippen molar-refractivity contribution in [2.75, 3.05) is 4.90 Å². The Labute approximate surface area is 442 Å². The van der Waals surface area contributed by atoms with Gasteiger partial charge in [-0.1, -0.05) is 197 Å². The van der Waals surface area contributed by atoms with E-state index < -0.39 is 0 Å². The van der Waals surface area contributed by atoms with Gasteiger partial charge in [0.05, 0.1) is 28.1 Å². The smallest absolute Gasteiger partial charge is 0.0629 e. The number of hydrogen-bond donors (Lipinski definition) is 0. The second kappa shape index (κ2) is 22.1. The zero-order chi connectivity index (χ0) is 50.7. The Morgan fingerprint density at radius 2 is 0.919 bits per heavy atom. The Kier molecular flexibility index (Phi) is 14.8. The van der Waals surface area contributed by atoms with Crippen LogP contribution in [0.4, 0.5) is 11.4 Å². The molecule has 74 heavy (non-hydrogen) atoms. The third kappa shape index (κ3) is 9.57. The highest BCUT2D eigenvalue weighted by Gasteiger charge is 2.37. The van der Waals surface area contributed by atoms with Crippen LogP contribution in [-0.4, -0.2) is 15.2 Å². The highest BCUT2D eigenvalue weighted by Crippen LogP contribution is 2.49. The lowest BCUT2D eigenvalue weighted by molar-refractivity contribution is 0.449. The number of rotatable bonds is 21. The molecule has 0 N–H and O–H groups in total. The third-order valence-corrected chi connectivity index (χ3v) is 17.5. The Hall–Kier alpha value is -6.58. The molecule has 11 rings (SSSR count). The molecule has 9 aromatic rings. The summed E-state index contributed by atoms with van der Waals surface area (Å²) in [6, 6.07) is 57.1. The molecule has 0 saturated heterocycles. The molecule has 378 valence electrons. The summed E-state index contributed by atoms with van der Waals surface area (Å²) >= 11 is 0. The zero-order valence-corrected chi connectivity index (χ0v) is 45.3. The van der Waals surface area contributed by atoms with Crippen LogP contribution in [0, 0.1) is 17.8 Å². The molecule has 3 heteroatoms. The van der Waals surface area contributed by atoms with Gasteiger partial charge in [-0.05, 0) is 155 Å². The van der Waals surface area contributed by atoms with E-state index in [-0.39, 0.29) is 6.04 Å². The Morgan fingerprint density at radius 1 is 0.405 bits per heavy atom. The van der Waals surface area contributed by atoms with Crippen molar-refractivity contribution in [1.29, 1.82) is 0 Å². The average Bonchev–Trinajstić information content (AvgIpc) is 4.08. The molecule has 1 aliphatic carbocycles. The van der Waals surface area contributed by atoms with E-state index in [1.807, 2.05) is 0 Å². The van der Waals surface area contributed by atoms with Crippen LogP contribution in [0.5, 0.6) is 0 Å². The van der Waals surface area contributed by atoms with Crippen molar-refractivity contribution < 1.29 is 0 Å². The molecule has 0 spiro atoms. The monoisotopic (exact) mass is 974 g/mol. The summed E-state index contributed by atoms with van der Waals surface area (Å²) in [6.45, 7) is 14.0. The summed E-state index contributed by atoms with van der Waals surface area (Å²) in [6.07, 6.45) is 26.8. The molecule has 0 bridgehead atoms. The van der Waals surface area contributed by atoms with E-state index in [1.54, 1.807) is 0 Å². The van der Waals surface area contributed by atoms with Gasteiger partial charge in [-0.2, -0.15) is 0 Å². The van der Waals surface area contributed by atoms with E-state index in [0.717, 1.165) is 30.6 Å². The minimum atomic E-state index is 0.269. The van der Waals surface area contributed by atoms with Crippen molar-refractivity contribution in [2.45, 2.75) is 143 Å². The van der Waals surface area contributed by atoms with Crippen LogP contribution in [-0.2, 0) is 19.3 Å². The summed E-state index contributed by atoms with van der Waals surface area (Å²) < 4.78 is 5.01. The maximum atomic E-state index is 2.57. The normalized spacial score (nSPS) is 16.4. The number of nitrogens with zero attached hydrogens (tertiary/aromatic N) is 3. The lowest BCUT2D eigenvalue weighted by Gasteiger charge is -2.29. The number of benzene rings is 7. The van der Waals surface area contributed by atoms with Crippen LogP contribution in [0.15, 0.2) is 170 Å².